The van der Waals surface area contributed by atoms with Crippen LogP contribution in [0.1, 0.15) is 30.9 Å². The Hall–Kier alpha value is -1.46. The molecule has 2 aromatic carbocycles. The highest BCUT2D eigenvalue weighted by atomic mass is 31.1. The van der Waals surface area contributed by atoms with Gasteiger partial charge in [-0.15, -0.1) is 0 Å². The summed E-state index contributed by atoms with van der Waals surface area (Å²) >= 11 is 0. The molecule has 1 atom stereocenters. The molecule has 92 valence electrons. The molecule has 0 amide bonds. The van der Waals surface area contributed by atoms with Crippen molar-refractivity contribution in [2.75, 3.05) is 0 Å². The van der Waals surface area contributed by atoms with E-state index in [-0.39, 0.29) is 8.46 Å². The highest BCUT2D eigenvalue weighted by Gasteiger charge is 2.20. The van der Waals surface area contributed by atoms with Gasteiger partial charge in [0, 0.05) is 11.2 Å². The molecule has 0 aromatic heterocycles. The molecule has 0 heterocycles. The van der Waals surface area contributed by atoms with Gasteiger partial charge in [0.2, 0.25) is 0 Å². The summed E-state index contributed by atoms with van der Waals surface area (Å²) in [5, 5.41) is 0.889. The van der Waals surface area contributed by atoms with Crippen molar-refractivity contribution in [1.82, 2.24) is 0 Å². The van der Waals surface area contributed by atoms with Crippen LogP contribution in [0.4, 0.5) is 0 Å². The van der Waals surface area contributed by atoms with Crippen LogP contribution in [0.5, 0.6) is 0 Å². The minimum Gasteiger partial charge on any atom is -0.269 e. The lowest BCUT2D eigenvalue weighted by atomic mass is 9.82. The average molecular weight is 256 g/mol. The Bertz CT molecular complexity index is 520. The van der Waals surface area contributed by atoms with E-state index >= 15 is 0 Å². The zero-order valence-corrected chi connectivity index (χ0v) is 11.6. The zero-order chi connectivity index (χ0) is 13.0. The zero-order valence-electron chi connectivity index (χ0n) is 10.7. The standard InChI is InChI=1S/C16H17OP/c1-12(2)16(13-8-4-3-5-9-13)14-10-6-7-11-15(14)18-17/h3-12,16H,1-2H3. The molecule has 0 bridgehead atoms. The Morgan fingerprint density at radius 1 is 0.889 bits per heavy atom. The summed E-state index contributed by atoms with van der Waals surface area (Å²) in [6, 6.07) is 18.4. The van der Waals surface area contributed by atoms with Gasteiger partial charge in [0.05, 0.1) is 0 Å². The Balaban J connectivity index is 2.52. The minimum absolute atomic E-state index is 0.0975. The van der Waals surface area contributed by atoms with E-state index in [1.54, 1.807) is 0 Å². The van der Waals surface area contributed by atoms with Crippen LogP contribution in [0, 0.1) is 5.92 Å². The highest BCUT2D eigenvalue weighted by molar-refractivity contribution is 7.34. The van der Waals surface area contributed by atoms with Crippen molar-refractivity contribution in [3.8, 4) is 0 Å². The van der Waals surface area contributed by atoms with E-state index in [4.69, 9.17) is 0 Å². The van der Waals surface area contributed by atoms with Crippen molar-refractivity contribution in [2.45, 2.75) is 19.8 Å². The van der Waals surface area contributed by atoms with Gasteiger partial charge in [-0.05, 0) is 23.1 Å². The third kappa shape index (κ3) is 2.68. The molecule has 1 unspecified atom stereocenters. The molecule has 0 aliphatic heterocycles. The van der Waals surface area contributed by atoms with Crippen molar-refractivity contribution in [3.63, 3.8) is 0 Å². The summed E-state index contributed by atoms with van der Waals surface area (Å²) in [5.41, 5.74) is 2.44. The second-order valence-electron chi connectivity index (χ2n) is 4.78. The minimum atomic E-state index is 0.0975. The second-order valence-corrected chi connectivity index (χ2v) is 5.45. The molecule has 0 N–H and O–H groups in total. The van der Waals surface area contributed by atoms with E-state index in [0.717, 1.165) is 10.9 Å². The summed E-state index contributed by atoms with van der Waals surface area (Å²) in [6.45, 7) is 4.41. The number of hydrogen-bond donors (Lipinski definition) is 0. The highest BCUT2D eigenvalue weighted by Crippen LogP contribution is 2.31. The first-order valence-electron chi connectivity index (χ1n) is 6.21. The van der Waals surface area contributed by atoms with Crippen LogP contribution < -0.4 is 5.30 Å². The summed E-state index contributed by atoms with van der Waals surface area (Å²) in [5.74, 6) is 0.763. The van der Waals surface area contributed by atoms with Gasteiger partial charge in [-0.3, -0.25) is 4.57 Å². The first-order chi connectivity index (χ1) is 8.74. The molecule has 0 aliphatic carbocycles. The smallest absolute Gasteiger partial charge is 0.192 e. The van der Waals surface area contributed by atoms with Crippen molar-refractivity contribution >= 4 is 13.8 Å². The molecule has 18 heavy (non-hydrogen) atoms. The lowest BCUT2D eigenvalue weighted by Crippen LogP contribution is -2.15. The summed E-state index contributed by atoms with van der Waals surface area (Å²) < 4.78 is 11.3. The predicted octanol–water partition coefficient (Wildman–Crippen LogP) is 4.39. The summed E-state index contributed by atoms with van der Waals surface area (Å²) in [7, 11) is 0.0975. The van der Waals surface area contributed by atoms with Gasteiger partial charge in [-0.25, -0.2) is 0 Å². The topological polar surface area (TPSA) is 17.1 Å². The Labute approximate surface area is 110 Å². The SMILES string of the molecule is CC(C)C(c1ccccc1)c1ccccc1P=O. The summed E-state index contributed by atoms with van der Waals surface area (Å²) in [6.07, 6.45) is 0. The molecule has 2 aromatic rings. The maximum absolute atomic E-state index is 11.3. The maximum Gasteiger partial charge on any atom is 0.192 e. The fourth-order valence-corrected chi connectivity index (χ4v) is 2.88. The van der Waals surface area contributed by atoms with Gasteiger partial charge >= 0.3 is 0 Å². The predicted molar refractivity (Wildman–Crippen MR) is 76.8 cm³/mol. The van der Waals surface area contributed by atoms with Crippen LogP contribution >= 0.6 is 8.46 Å². The third-order valence-corrected chi connectivity index (χ3v) is 3.80. The van der Waals surface area contributed by atoms with Crippen LogP contribution in [0.3, 0.4) is 0 Å². The Kier molecular flexibility index (Phi) is 4.28. The van der Waals surface area contributed by atoms with E-state index < -0.39 is 0 Å². The normalized spacial score (nSPS) is 12.8. The van der Waals surface area contributed by atoms with Crippen molar-refractivity contribution in [2.24, 2.45) is 5.92 Å². The average Bonchev–Trinajstić information content (AvgIpc) is 2.40. The largest absolute Gasteiger partial charge is 0.269 e. The van der Waals surface area contributed by atoms with Gasteiger partial charge in [0.1, 0.15) is 0 Å². The monoisotopic (exact) mass is 256 g/mol. The van der Waals surface area contributed by atoms with E-state index in [2.05, 4.69) is 44.2 Å². The lowest BCUT2D eigenvalue weighted by molar-refractivity contribution is 0.565. The fraction of sp³-hybridized carbons (Fsp3) is 0.250. The molecule has 0 aliphatic rings. The Morgan fingerprint density at radius 3 is 2.11 bits per heavy atom. The first kappa shape index (κ1) is 13.0. The van der Waals surface area contributed by atoms with E-state index in [1.165, 1.54) is 5.56 Å². The van der Waals surface area contributed by atoms with Crippen LogP contribution in [-0.2, 0) is 4.57 Å². The first-order valence-corrected chi connectivity index (χ1v) is 7.02. The van der Waals surface area contributed by atoms with Crippen molar-refractivity contribution < 1.29 is 4.57 Å². The van der Waals surface area contributed by atoms with Gasteiger partial charge in [0.15, 0.2) is 8.46 Å². The number of rotatable bonds is 4. The molecule has 0 fully saturated rings. The van der Waals surface area contributed by atoms with Gasteiger partial charge < -0.3 is 0 Å². The Morgan fingerprint density at radius 2 is 1.50 bits per heavy atom. The molecule has 0 spiro atoms. The summed E-state index contributed by atoms with van der Waals surface area (Å²) in [4.78, 5) is 0. The van der Waals surface area contributed by atoms with Gasteiger partial charge in [-0.2, -0.15) is 0 Å². The van der Waals surface area contributed by atoms with Gasteiger partial charge in [0.25, 0.3) is 0 Å². The van der Waals surface area contributed by atoms with E-state index in [1.807, 2.05) is 24.3 Å². The quantitative estimate of drug-likeness (QED) is 0.741. The lowest BCUT2D eigenvalue weighted by Gasteiger charge is -2.23. The van der Waals surface area contributed by atoms with Crippen molar-refractivity contribution in [3.05, 3.63) is 65.7 Å². The molecule has 2 rings (SSSR count). The molecule has 2 heteroatoms. The van der Waals surface area contributed by atoms with E-state index in [0.29, 0.717) is 11.8 Å². The van der Waals surface area contributed by atoms with Crippen molar-refractivity contribution in [1.29, 1.82) is 0 Å². The molecular weight excluding hydrogens is 239 g/mol. The number of hydrogen-bond acceptors (Lipinski definition) is 1. The second kappa shape index (κ2) is 5.93. The number of benzene rings is 2. The van der Waals surface area contributed by atoms with Crippen LogP contribution in [0.15, 0.2) is 54.6 Å². The molecule has 0 radical (unpaired) electrons. The van der Waals surface area contributed by atoms with E-state index in [9.17, 15) is 4.57 Å². The maximum atomic E-state index is 11.3. The molecule has 0 saturated heterocycles. The third-order valence-electron chi connectivity index (χ3n) is 3.20. The van der Waals surface area contributed by atoms with Crippen LogP contribution in [-0.4, -0.2) is 0 Å². The van der Waals surface area contributed by atoms with Crippen LogP contribution in [0.2, 0.25) is 0 Å². The van der Waals surface area contributed by atoms with Crippen LogP contribution in [0.25, 0.3) is 0 Å². The molecule has 0 saturated carbocycles. The van der Waals surface area contributed by atoms with Gasteiger partial charge in [-0.1, -0.05) is 62.4 Å². The molecule has 1 nitrogen and oxygen atoms in total. The fourth-order valence-electron chi connectivity index (χ4n) is 2.42. The molecular formula is C16H17OP.